The molecule has 2 aromatic rings. The summed E-state index contributed by atoms with van der Waals surface area (Å²) < 4.78 is 0. The van der Waals surface area contributed by atoms with E-state index in [1.165, 1.54) is 5.56 Å². The van der Waals surface area contributed by atoms with Crippen LogP contribution in [0.5, 0.6) is 0 Å². The molecule has 0 aromatic heterocycles. The van der Waals surface area contributed by atoms with Gasteiger partial charge in [-0.15, -0.1) is 0 Å². The summed E-state index contributed by atoms with van der Waals surface area (Å²) in [5.74, 6) is -0.0697. The number of anilines is 1. The third-order valence-electron chi connectivity index (χ3n) is 2.70. The number of hydrogen-bond acceptors (Lipinski definition) is 1. The summed E-state index contributed by atoms with van der Waals surface area (Å²) in [4.78, 5) is 11.9. The standard InChI is InChI=1S/C15H13BrClNO/c16-10-11-5-7-13(8-6-11)18-15(19)9-12-3-1-2-4-14(12)17/h1-8H,9-10H2,(H,18,19). The number of carbonyl (C=O) groups excluding carboxylic acids is 1. The Bertz CT molecular complexity index is 569. The van der Waals surface area contributed by atoms with Gasteiger partial charge in [-0.1, -0.05) is 57.9 Å². The van der Waals surface area contributed by atoms with E-state index in [9.17, 15) is 4.79 Å². The van der Waals surface area contributed by atoms with Crippen molar-refractivity contribution >= 4 is 39.1 Å². The van der Waals surface area contributed by atoms with Crippen LogP contribution in [0, 0.1) is 0 Å². The average Bonchev–Trinajstić information content (AvgIpc) is 2.42. The van der Waals surface area contributed by atoms with Crippen LogP contribution in [-0.4, -0.2) is 5.91 Å². The van der Waals surface area contributed by atoms with Crippen LogP contribution in [-0.2, 0) is 16.5 Å². The van der Waals surface area contributed by atoms with E-state index >= 15 is 0 Å². The first kappa shape index (κ1) is 14.1. The van der Waals surface area contributed by atoms with Gasteiger partial charge in [0.1, 0.15) is 0 Å². The Balaban J connectivity index is 1.99. The van der Waals surface area contributed by atoms with Gasteiger partial charge in [-0.2, -0.15) is 0 Å². The normalized spacial score (nSPS) is 10.2. The van der Waals surface area contributed by atoms with Crippen LogP contribution in [0.25, 0.3) is 0 Å². The summed E-state index contributed by atoms with van der Waals surface area (Å²) in [6.07, 6.45) is 0.278. The fraction of sp³-hybridized carbons (Fsp3) is 0.133. The van der Waals surface area contributed by atoms with Gasteiger partial charge in [0, 0.05) is 16.0 Å². The molecule has 1 amide bonds. The van der Waals surface area contributed by atoms with Crippen LogP contribution >= 0.6 is 27.5 Å². The van der Waals surface area contributed by atoms with Gasteiger partial charge in [0.15, 0.2) is 0 Å². The molecule has 2 rings (SSSR count). The van der Waals surface area contributed by atoms with Gasteiger partial charge >= 0.3 is 0 Å². The summed E-state index contributed by atoms with van der Waals surface area (Å²) >= 11 is 9.41. The van der Waals surface area contributed by atoms with Crippen molar-refractivity contribution in [3.63, 3.8) is 0 Å². The third kappa shape index (κ3) is 4.08. The molecule has 1 N–H and O–H groups in total. The van der Waals surface area contributed by atoms with Gasteiger partial charge in [0.25, 0.3) is 0 Å². The Morgan fingerprint density at radius 2 is 1.79 bits per heavy atom. The molecular formula is C15H13BrClNO. The minimum atomic E-state index is -0.0697. The van der Waals surface area contributed by atoms with E-state index in [1.54, 1.807) is 6.07 Å². The maximum absolute atomic E-state index is 11.9. The van der Waals surface area contributed by atoms with Crippen molar-refractivity contribution in [3.8, 4) is 0 Å². The van der Waals surface area contributed by atoms with Crippen molar-refractivity contribution < 1.29 is 4.79 Å². The topological polar surface area (TPSA) is 29.1 Å². The molecule has 0 aliphatic heterocycles. The summed E-state index contributed by atoms with van der Waals surface area (Å²) in [5.41, 5.74) is 2.80. The second kappa shape index (κ2) is 6.73. The molecule has 0 spiro atoms. The Morgan fingerprint density at radius 1 is 1.11 bits per heavy atom. The number of alkyl halides is 1. The molecule has 0 radical (unpaired) electrons. The van der Waals surface area contributed by atoms with Gasteiger partial charge in [0.05, 0.1) is 6.42 Å². The number of hydrogen-bond donors (Lipinski definition) is 1. The molecule has 0 aliphatic carbocycles. The summed E-state index contributed by atoms with van der Waals surface area (Å²) in [7, 11) is 0. The predicted molar refractivity (Wildman–Crippen MR) is 82.9 cm³/mol. The molecule has 2 aromatic carbocycles. The summed E-state index contributed by atoms with van der Waals surface area (Å²) in [6, 6.07) is 15.1. The van der Waals surface area contributed by atoms with E-state index in [0.717, 1.165) is 16.6 Å². The lowest BCUT2D eigenvalue weighted by Gasteiger charge is -2.07. The molecule has 19 heavy (non-hydrogen) atoms. The van der Waals surface area contributed by atoms with Crippen LogP contribution in [0.1, 0.15) is 11.1 Å². The minimum Gasteiger partial charge on any atom is -0.326 e. The first-order valence-electron chi connectivity index (χ1n) is 5.87. The molecular weight excluding hydrogens is 326 g/mol. The molecule has 0 atom stereocenters. The highest BCUT2D eigenvalue weighted by molar-refractivity contribution is 9.08. The van der Waals surface area contributed by atoms with Crippen LogP contribution in [0.3, 0.4) is 0 Å². The highest BCUT2D eigenvalue weighted by Crippen LogP contribution is 2.17. The zero-order valence-corrected chi connectivity index (χ0v) is 12.5. The second-order valence-corrected chi connectivity index (χ2v) is 5.11. The van der Waals surface area contributed by atoms with Crippen LogP contribution in [0.2, 0.25) is 5.02 Å². The van der Waals surface area contributed by atoms with Gasteiger partial charge in [-0.3, -0.25) is 4.79 Å². The summed E-state index contributed by atoms with van der Waals surface area (Å²) in [5, 5.41) is 4.28. The van der Waals surface area contributed by atoms with E-state index in [1.807, 2.05) is 42.5 Å². The Morgan fingerprint density at radius 3 is 2.42 bits per heavy atom. The molecule has 0 saturated heterocycles. The van der Waals surface area contributed by atoms with E-state index in [-0.39, 0.29) is 12.3 Å². The Labute approximate surface area is 125 Å². The first-order valence-corrected chi connectivity index (χ1v) is 7.37. The van der Waals surface area contributed by atoms with Crippen LogP contribution in [0.4, 0.5) is 5.69 Å². The predicted octanol–water partition coefficient (Wildman–Crippen LogP) is 4.42. The monoisotopic (exact) mass is 337 g/mol. The number of carbonyl (C=O) groups is 1. The van der Waals surface area contributed by atoms with Gasteiger partial charge in [-0.25, -0.2) is 0 Å². The molecule has 0 aliphatic rings. The van der Waals surface area contributed by atoms with Crippen LogP contribution < -0.4 is 5.32 Å². The van der Waals surface area contributed by atoms with Crippen molar-refractivity contribution in [2.75, 3.05) is 5.32 Å². The van der Waals surface area contributed by atoms with E-state index in [4.69, 9.17) is 11.6 Å². The molecule has 4 heteroatoms. The molecule has 0 saturated carbocycles. The molecule has 98 valence electrons. The molecule has 2 nitrogen and oxygen atoms in total. The van der Waals surface area contributed by atoms with Gasteiger partial charge in [0.2, 0.25) is 5.91 Å². The fourth-order valence-electron chi connectivity index (χ4n) is 1.70. The number of rotatable bonds is 4. The lowest BCUT2D eigenvalue weighted by molar-refractivity contribution is -0.115. The van der Waals surface area contributed by atoms with Crippen molar-refractivity contribution in [2.45, 2.75) is 11.8 Å². The minimum absolute atomic E-state index is 0.0697. The Hall–Kier alpha value is -1.32. The first-order chi connectivity index (χ1) is 9.19. The van der Waals surface area contributed by atoms with E-state index < -0.39 is 0 Å². The number of amides is 1. The van der Waals surface area contributed by atoms with Gasteiger partial charge in [-0.05, 0) is 29.3 Å². The highest BCUT2D eigenvalue weighted by Gasteiger charge is 2.06. The van der Waals surface area contributed by atoms with Crippen LogP contribution in [0.15, 0.2) is 48.5 Å². The van der Waals surface area contributed by atoms with E-state index in [2.05, 4.69) is 21.2 Å². The maximum Gasteiger partial charge on any atom is 0.228 e. The van der Waals surface area contributed by atoms with E-state index in [0.29, 0.717) is 5.02 Å². The lowest BCUT2D eigenvalue weighted by Crippen LogP contribution is -2.14. The molecule has 0 bridgehead atoms. The number of benzene rings is 2. The third-order valence-corrected chi connectivity index (χ3v) is 3.72. The number of nitrogens with one attached hydrogen (secondary N) is 1. The van der Waals surface area contributed by atoms with Crippen molar-refractivity contribution in [2.24, 2.45) is 0 Å². The van der Waals surface area contributed by atoms with Crippen molar-refractivity contribution in [1.29, 1.82) is 0 Å². The second-order valence-electron chi connectivity index (χ2n) is 4.15. The smallest absolute Gasteiger partial charge is 0.228 e. The lowest BCUT2D eigenvalue weighted by atomic mass is 10.1. The quantitative estimate of drug-likeness (QED) is 0.822. The average molecular weight is 339 g/mol. The SMILES string of the molecule is O=C(Cc1ccccc1Cl)Nc1ccc(CBr)cc1. The molecule has 0 heterocycles. The Kier molecular flexibility index (Phi) is 5.00. The zero-order chi connectivity index (χ0) is 13.7. The molecule has 0 unspecified atom stereocenters. The zero-order valence-electron chi connectivity index (χ0n) is 10.2. The maximum atomic E-state index is 11.9. The van der Waals surface area contributed by atoms with Crippen molar-refractivity contribution in [3.05, 3.63) is 64.7 Å². The van der Waals surface area contributed by atoms with Crippen molar-refractivity contribution in [1.82, 2.24) is 0 Å². The highest BCUT2D eigenvalue weighted by atomic mass is 79.9. The summed E-state index contributed by atoms with van der Waals surface area (Å²) in [6.45, 7) is 0. The fourth-order valence-corrected chi connectivity index (χ4v) is 2.27. The van der Waals surface area contributed by atoms with Gasteiger partial charge < -0.3 is 5.32 Å². The molecule has 0 fully saturated rings. The largest absolute Gasteiger partial charge is 0.326 e. The number of halogens is 2.